The monoisotopic (exact) mass is 436 g/mol. The second-order valence-electron chi connectivity index (χ2n) is 7.48. The molecule has 0 saturated carbocycles. The number of hydrogen-bond donors (Lipinski definition) is 1. The van der Waals surface area contributed by atoms with Crippen molar-refractivity contribution in [2.75, 3.05) is 0 Å². The highest BCUT2D eigenvalue weighted by Crippen LogP contribution is 2.45. The Balaban J connectivity index is 1.78. The number of fused-ring (bicyclic) bond motifs is 1. The Bertz CT molecular complexity index is 1240. The average molecular weight is 436 g/mol. The van der Waals surface area contributed by atoms with E-state index in [4.69, 9.17) is 4.74 Å². The number of halogens is 3. The lowest BCUT2D eigenvalue weighted by molar-refractivity contribution is -0.138. The molecule has 1 aliphatic rings. The van der Waals surface area contributed by atoms with Crippen molar-refractivity contribution in [3.8, 4) is 11.5 Å². The summed E-state index contributed by atoms with van der Waals surface area (Å²) in [5.74, 6) is 0.211. The fourth-order valence-corrected chi connectivity index (χ4v) is 3.80. The molecule has 3 nitrogen and oxygen atoms in total. The van der Waals surface area contributed by atoms with E-state index in [2.05, 4.69) is 0 Å². The molecule has 0 unspecified atom stereocenters. The van der Waals surface area contributed by atoms with Gasteiger partial charge in [0.1, 0.15) is 11.5 Å². The number of ether oxygens (including phenoxy) is 1. The first-order chi connectivity index (χ1) is 15.2. The number of rotatable bonds is 5. The molecule has 3 aromatic rings. The van der Waals surface area contributed by atoms with Crippen LogP contribution in [0.15, 0.2) is 78.4 Å². The number of aliphatic carboxylic acids is 1. The molecule has 6 heteroatoms. The molecule has 0 bridgehead atoms. The Morgan fingerprint density at radius 1 is 0.938 bits per heavy atom. The molecule has 0 aliphatic heterocycles. The van der Waals surface area contributed by atoms with Gasteiger partial charge in [-0.2, -0.15) is 13.2 Å². The maximum Gasteiger partial charge on any atom is 0.416 e. The summed E-state index contributed by atoms with van der Waals surface area (Å²) in [4.78, 5) is 11.4. The second-order valence-corrected chi connectivity index (χ2v) is 7.48. The molecule has 0 atom stereocenters. The zero-order valence-corrected chi connectivity index (χ0v) is 17.1. The Kier molecular flexibility index (Phi) is 5.61. The third-order valence-electron chi connectivity index (χ3n) is 5.29. The second kappa shape index (κ2) is 8.38. The van der Waals surface area contributed by atoms with Crippen LogP contribution in [0.1, 0.15) is 35.6 Å². The van der Waals surface area contributed by atoms with Crippen LogP contribution in [0.25, 0.3) is 17.2 Å². The molecule has 4 rings (SSSR count). The van der Waals surface area contributed by atoms with Crippen LogP contribution in [0, 0.1) is 0 Å². The van der Waals surface area contributed by atoms with E-state index >= 15 is 0 Å². The quantitative estimate of drug-likeness (QED) is 0.456. The summed E-state index contributed by atoms with van der Waals surface area (Å²) in [5.41, 5.74) is 2.59. The molecular formula is C26H19F3O3. The summed E-state index contributed by atoms with van der Waals surface area (Å²) >= 11 is 0. The van der Waals surface area contributed by atoms with Crippen LogP contribution in [-0.2, 0) is 11.0 Å². The van der Waals surface area contributed by atoms with Gasteiger partial charge in [0.2, 0.25) is 0 Å². The van der Waals surface area contributed by atoms with Crippen molar-refractivity contribution in [2.24, 2.45) is 0 Å². The highest BCUT2D eigenvalue weighted by molar-refractivity contribution is 6.07. The van der Waals surface area contributed by atoms with E-state index in [1.807, 2.05) is 36.4 Å². The van der Waals surface area contributed by atoms with Gasteiger partial charge in [0.15, 0.2) is 0 Å². The number of carbonyl (C=O) groups is 1. The standard InChI is InChI=1S/C26H19F3O3/c1-16-22(13-17-6-5-9-20(12-17)32-19-7-3-2-4-8-19)24-14-18(26(27,28)29)10-11-21(24)23(16)15-25(30)31/h2-14H,15H2,1H3,(H,30,31)/b22-13-. The Labute approximate surface area is 183 Å². The lowest BCUT2D eigenvalue weighted by atomic mass is 9.98. The van der Waals surface area contributed by atoms with Gasteiger partial charge in [0, 0.05) is 0 Å². The van der Waals surface area contributed by atoms with Gasteiger partial charge in [-0.1, -0.05) is 36.4 Å². The molecule has 3 aromatic carbocycles. The van der Waals surface area contributed by atoms with E-state index in [1.54, 1.807) is 31.2 Å². The highest BCUT2D eigenvalue weighted by Gasteiger charge is 2.33. The van der Waals surface area contributed by atoms with Crippen molar-refractivity contribution in [3.05, 3.63) is 101 Å². The lowest BCUT2D eigenvalue weighted by Gasteiger charge is -2.11. The first-order valence-electron chi connectivity index (χ1n) is 9.91. The molecule has 0 saturated heterocycles. The average Bonchev–Trinajstić information content (AvgIpc) is 2.99. The molecule has 0 heterocycles. The molecule has 0 aromatic heterocycles. The van der Waals surface area contributed by atoms with Crippen LogP contribution < -0.4 is 4.74 Å². The summed E-state index contributed by atoms with van der Waals surface area (Å²) in [6.07, 6.45) is -2.99. The molecule has 162 valence electrons. The van der Waals surface area contributed by atoms with Crippen molar-refractivity contribution in [3.63, 3.8) is 0 Å². The van der Waals surface area contributed by atoms with Crippen LogP contribution in [0.2, 0.25) is 0 Å². The summed E-state index contributed by atoms with van der Waals surface area (Å²) in [5, 5.41) is 9.30. The van der Waals surface area contributed by atoms with Crippen molar-refractivity contribution < 1.29 is 27.8 Å². The number of hydrogen-bond acceptors (Lipinski definition) is 2. The SMILES string of the molecule is CC1=C(CC(=O)O)c2ccc(C(F)(F)F)cc2/C1=C\c1cccc(Oc2ccccc2)c1. The van der Waals surface area contributed by atoms with E-state index in [0.29, 0.717) is 39.3 Å². The van der Waals surface area contributed by atoms with E-state index in [9.17, 15) is 23.1 Å². The maximum absolute atomic E-state index is 13.3. The largest absolute Gasteiger partial charge is 0.481 e. The van der Waals surface area contributed by atoms with Gasteiger partial charge in [-0.15, -0.1) is 0 Å². The van der Waals surface area contributed by atoms with Crippen molar-refractivity contribution >= 4 is 23.2 Å². The smallest absolute Gasteiger partial charge is 0.416 e. The maximum atomic E-state index is 13.3. The van der Waals surface area contributed by atoms with E-state index < -0.39 is 17.7 Å². The molecule has 0 fully saturated rings. The van der Waals surface area contributed by atoms with E-state index in [1.165, 1.54) is 6.07 Å². The lowest BCUT2D eigenvalue weighted by Crippen LogP contribution is -2.05. The normalized spacial score (nSPS) is 14.6. The number of allylic oxidation sites excluding steroid dienone is 2. The number of alkyl halides is 3. The minimum Gasteiger partial charge on any atom is -0.481 e. The third-order valence-corrected chi connectivity index (χ3v) is 5.29. The van der Waals surface area contributed by atoms with Gasteiger partial charge in [-0.25, -0.2) is 0 Å². The summed E-state index contributed by atoms with van der Waals surface area (Å²) in [7, 11) is 0. The van der Waals surface area contributed by atoms with Crippen LogP contribution in [-0.4, -0.2) is 11.1 Å². The fourth-order valence-electron chi connectivity index (χ4n) is 3.80. The minimum atomic E-state index is -4.49. The molecule has 0 radical (unpaired) electrons. The van der Waals surface area contributed by atoms with Crippen LogP contribution in [0.3, 0.4) is 0 Å². The Morgan fingerprint density at radius 3 is 2.34 bits per heavy atom. The zero-order valence-electron chi connectivity index (χ0n) is 17.1. The predicted molar refractivity (Wildman–Crippen MR) is 117 cm³/mol. The van der Waals surface area contributed by atoms with Crippen LogP contribution >= 0.6 is 0 Å². The highest BCUT2D eigenvalue weighted by atomic mass is 19.4. The molecule has 32 heavy (non-hydrogen) atoms. The first-order valence-corrected chi connectivity index (χ1v) is 9.91. The fraction of sp³-hybridized carbons (Fsp3) is 0.115. The summed E-state index contributed by atoms with van der Waals surface area (Å²) < 4.78 is 45.8. The number of benzene rings is 3. The minimum absolute atomic E-state index is 0.265. The van der Waals surface area contributed by atoms with Gasteiger partial charge in [0.25, 0.3) is 0 Å². The molecule has 0 spiro atoms. The Morgan fingerprint density at radius 2 is 1.66 bits per heavy atom. The topological polar surface area (TPSA) is 46.5 Å². The van der Waals surface area contributed by atoms with Crippen LogP contribution in [0.5, 0.6) is 11.5 Å². The number of para-hydroxylation sites is 1. The number of carboxylic acid groups (broad SMARTS) is 1. The van der Waals surface area contributed by atoms with E-state index in [0.717, 1.165) is 17.7 Å². The Hall–Kier alpha value is -3.80. The zero-order chi connectivity index (χ0) is 22.9. The van der Waals surface area contributed by atoms with Crippen LogP contribution in [0.4, 0.5) is 13.2 Å². The van der Waals surface area contributed by atoms with Gasteiger partial charge in [-0.05, 0) is 82.8 Å². The van der Waals surface area contributed by atoms with E-state index in [-0.39, 0.29) is 6.42 Å². The summed E-state index contributed by atoms with van der Waals surface area (Å²) in [6.45, 7) is 1.74. The molecule has 0 amide bonds. The van der Waals surface area contributed by atoms with Gasteiger partial charge in [-0.3, -0.25) is 4.79 Å². The first kappa shape index (κ1) is 21.4. The third kappa shape index (κ3) is 4.44. The van der Waals surface area contributed by atoms with Gasteiger partial charge < -0.3 is 9.84 Å². The molecule has 1 aliphatic carbocycles. The number of carboxylic acids is 1. The summed E-state index contributed by atoms with van der Waals surface area (Å²) in [6, 6.07) is 19.9. The molecular weight excluding hydrogens is 417 g/mol. The van der Waals surface area contributed by atoms with Crippen molar-refractivity contribution in [1.82, 2.24) is 0 Å². The molecule has 1 N–H and O–H groups in total. The van der Waals surface area contributed by atoms with Gasteiger partial charge >= 0.3 is 12.1 Å². The van der Waals surface area contributed by atoms with Gasteiger partial charge in [0.05, 0.1) is 12.0 Å². The predicted octanol–water partition coefficient (Wildman–Crippen LogP) is 7.30. The van der Waals surface area contributed by atoms with Crippen molar-refractivity contribution in [1.29, 1.82) is 0 Å². The van der Waals surface area contributed by atoms with Crippen molar-refractivity contribution in [2.45, 2.75) is 19.5 Å².